The third-order valence-electron chi connectivity index (χ3n) is 4.22. The molecule has 25 heavy (non-hydrogen) atoms. The molecule has 128 valence electrons. The molecule has 2 aromatic carbocycles. The number of fused-ring (bicyclic) bond motifs is 1. The van der Waals surface area contributed by atoms with E-state index in [1.54, 1.807) is 4.90 Å². The summed E-state index contributed by atoms with van der Waals surface area (Å²) in [6.45, 7) is 1.12. The summed E-state index contributed by atoms with van der Waals surface area (Å²) in [7, 11) is 0. The van der Waals surface area contributed by atoms with Crippen LogP contribution in [0.2, 0.25) is 5.02 Å². The fourth-order valence-corrected chi connectivity index (χ4v) is 4.20. The van der Waals surface area contributed by atoms with E-state index in [9.17, 15) is 4.79 Å². The number of amides is 1. The number of carbonyl (C=O) groups excluding carboxylic acids is 1. The first kappa shape index (κ1) is 16.5. The van der Waals surface area contributed by atoms with Crippen LogP contribution in [-0.4, -0.2) is 23.6 Å². The van der Waals surface area contributed by atoms with Crippen LogP contribution in [0.15, 0.2) is 48.5 Å². The summed E-state index contributed by atoms with van der Waals surface area (Å²) >= 11 is 7.56. The molecule has 6 heteroatoms. The standard InChI is InChI=1S/C19H17ClN2O2S/c20-14-8-9-15-17(11-14)25-19(21-15)22(12-13-5-2-1-3-6-13)18(23)16-7-4-10-24-16/h1-3,5-6,8-9,11,16H,4,7,10,12H2/t16-/m0/s1. The van der Waals surface area contributed by atoms with Gasteiger partial charge in [0.1, 0.15) is 6.10 Å². The van der Waals surface area contributed by atoms with Gasteiger partial charge >= 0.3 is 0 Å². The molecule has 0 N–H and O–H groups in total. The van der Waals surface area contributed by atoms with Crippen LogP contribution in [0.5, 0.6) is 0 Å². The van der Waals surface area contributed by atoms with Gasteiger partial charge in [0.05, 0.1) is 16.8 Å². The van der Waals surface area contributed by atoms with Crippen molar-refractivity contribution >= 4 is 44.2 Å². The van der Waals surface area contributed by atoms with Gasteiger partial charge in [0, 0.05) is 11.6 Å². The molecule has 0 bridgehead atoms. The number of halogens is 1. The van der Waals surface area contributed by atoms with Crippen LogP contribution < -0.4 is 4.90 Å². The van der Waals surface area contributed by atoms with Gasteiger partial charge in [0.25, 0.3) is 5.91 Å². The molecule has 4 rings (SSSR count). The number of hydrogen-bond donors (Lipinski definition) is 0. The third kappa shape index (κ3) is 3.54. The monoisotopic (exact) mass is 372 g/mol. The zero-order valence-corrected chi connectivity index (χ0v) is 15.1. The number of benzene rings is 2. The molecule has 1 atom stereocenters. The summed E-state index contributed by atoms with van der Waals surface area (Å²) in [6, 6.07) is 15.5. The highest BCUT2D eigenvalue weighted by atomic mass is 35.5. The average Bonchev–Trinajstić information content (AvgIpc) is 3.29. The van der Waals surface area contributed by atoms with Crippen LogP contribution in [-0.2, 0) is 16.1 Å². The second-order valence-corrected chi connectivity index (χ2v) is 7.47. The number of thiazole rings is 1. The van der Waals surface area contributed by atoms with Gasteiger partial charge < -0.3 is 4.74 Å². The first-order valence-electron chi connectivity index (χ1n) is 8.24. The lowest BCUT2D eigenvalue weighted by Crippen LogP contribution is -2.38. The minimum Gasteiger partial charge on any atom is -0.368 e. The Labute approximate surface area is 155 Å². The fraction of sp³-hybridized carbons (Fsp3) is 0.263. The summed E-state index contributed by atoms with van der Waals surface area (Å²) in [5.41, 5.74) is 1.91. The molecule has 0 aliphatic carbocycles. The average molecular weight is 373 g/mol. The van der Waals surface area contributed by atoms with Crippen LogP contribution in [0.25, 0.3) is 10.2 Å². The smallest absolute Gasteiger partial charge is 0.258 e. The van der Waals surface area contributed by atoms with Crippen LogP contribution in [0.3, 0.4) is 0 Å². The maximum absolute atomic E-state index is 13.0. The van der Waals surface area contributed by atoms with E-state index in [-0.39, 0.29) is 12.0 Å². The molecule has 1 fully saturated rings. The summed E-state index contributed by atoms with van der Waals surface area (Å²) in [5, 5.41) is 1.35. The lowest BCUT2D eigenvalue weighted by atomic mass is 10.2. The summed E-state index contributed by atoms with van der Waals surface area (Å²) < 4.78 is 6.59. The Balaban J connectivity index is 1.71. The minimum absolute atomic E-state index is 0.0218. The Morgan fingerprint density at radius 3 is 2.88 bits per heavy atom. The lowest BCUT2D eigenvalue weighted by Gasteiger charge is -2.23. The number of carbonyl (C=O) groups is 1. The number of rotatable bonds is 4. The molecule has 1 amide bonds. The zero-order valence-electron chi connectivity index (χ0n) is 13.5. The minimum atomic E-state index is -0.376. The third-order valence-corrected chi connectivity index (χ3v) is 5.50. The first-order chi connectivity index (χ1) is 12.2. The topological polar surface area (TPSA) is 42.4 Å². The lowest BCUT2D eigenvalue weighted by molar-refractivity contribution is -0.127. The molecule has 1 aromatic heterocycles. The molecule has 3 aromatic rings. The van der Waals surface area contributed by atoms with Crippen LogP contribution >= 0.6 is 22.9 Å². The molecular formula is C19H17ClN2O2S. The normalized spacial score (nSPS) is 17.1. The van der Waals surface area contributed by atoms with Crippen molar-refractivity contribution < 1.29 is 9.53 Å². The highest BCUT2D eigenvalue weighted by molar-refractivity contribution is 7.22. The number of aromatic nitrogens is 1. The Kier molecular flexibility index (Phi) is 4.70. The molecule has 0 spiro atoms. The van der Waals surface area contributed by atoms with E-state index >= 15 is 0 Å². The molecule has 2 heterocycles. The first-order valence-corrected chi connectivity index (χ1v) is 9.43. The maximum atomic E-state index is 13.0. The van der Waals surface area contributed by atoms with Crippen molar-refractivity contribution in [3.8, 4) is 0 Å². The van der Waals surface area contributed by atoms with E-state index in [0.717, 1.165) is 28.6 Å². The van der Waals surface area contributed by atoms with E-state index in [2.05, 4.69) is 4.98 Å². The van der Waals surface area contributed by atoms with Crippen LogP contribution in [0, 0.1) is 0 Å². The fourth-order valence-electron chi connectivity index (χ4n) is 2.95. The summed E-state index contributed by atoms with van der Waals surface area (Å²) in [6.07, 6.45) is 1.31. The zero-order chi connectivity index (χ0) is 17.2. The predicted molar refractivity (Wildman–Crippen MR) is 101 cm³/mol. The van der Waals surface area contributed by atoms with Gasteiger partial charge in [0.15, 0.2) is 5.13 Å². The van der Waals surface area contributed by atoms with Crippen molar-refractivity contribution in [3.05, 3.63) is 59.1 Å². The largest absolute Gasteiger partial charge is 0.368 e. The number of hydrogen-bond acceptors (Lipinski definition) is 4. The van der Waals surface area contributed by atoms with Crippen molar-refractivity contribution in [2.45, 2.75) is 25.5 Å². The predicted octanol–water partition coefficient (Wildman–Crippen LogP) is 4.66. The molecule has 0 saturated carbocycles. The van der Waals surface area contributed by atoms with Crippen molar-refractivity contribution in [2.75, 3.05) is 11.5 Å². The van der Waals surface area contributed by atoms with Gasteiger partial charge in [-0.25, -0.2) is 4.98 Å². The number of anilines is 1. The summed E-state index contributed by atoms with van der Waals surface area (Å²) in [5.74, 6) is -0.0218. The van der Waals surface area contributed by atoms with Gasteiger partial charge in [-0.3, -0.25) is 9.69 Å². The van der Waals surface area contributed by atoms with Gasteiger partial charge in [0.2, 0.25) is 0 Å². The molecule has 0 radical (unpaired) electrons. The second-order valence-electron chi connectivity index (χ2n) is 6.02. The molecule has 0 unspecified atom stereocenters. The molecule has 1 aliphatic rings. The van der Waals surface area contributed by atoms with Crippen LogP contribution in [0.1, 0.15) is 18.4 Å². The van der Waals surface area contributed by atoms with Gasteiger partial charge in [-0.15, -0.1) is 0 Å². The SMILES string of the molecule is O=C([C@@H]1CCCO1)N(Cc1ccccc1)c1nc2ccc(Cl)cc2s1. The number of nitrogens with zero attached hydrogens (tertiary/aromatic N) is 2. The second kappa shape index (κ2) is 7.12. The van der Waals surface area contributed by atoms with Crippen molar-refractivity contribution in [2.24, 2.45) is 0 Å². The van der Waals surface area contributed by atoms with Crippen molar-refractivity contribution in [1.29, 1.82) is 0 Å². The van der Waals surface area contributed by atoms with E-state index < -0.39 is 0 Å². The van der Waals surface area contributed by atoms with E-state index in [1.807, 2.05) is 48.5 Å². The molecule has 4 nitrogen and oxygen atoms in total. The Morgan fingerprint density at radius 1 is 1.28 bits per heavy atom. The molecule has 1 saturated heterocycles. The summed E-state index contributed by atoms with van der Waals surface area (Å²) in [4.78, 5) is 19.4. The molecule has 1 aliphatic heterocycles. The van der Waals surface area contributed by atoms with Crippen molar-refractivity contribution in [3.63, 3.8) is 0 Å². The van der Waals surface area contributed by atoms with Gasteiger partial charge in [-0.1, -0.05) is 53.3 Å². The van der Waals surface area contributed by atoms with Crippen molar-refractivity contribution in [1.82, 2.24) is 4.98 Å². The van der Waals surface area contributed by atoms with E-state index in [0.29, 0.717) is 23.3 Å². The van der Waals surface area contributed by atoms with E-state index in [1.165, 1.54) is 11.3 Å². The highest BCUT2D eigenvalue weighted by Gasteiger charge is 2.30. The van der Waals surface area contributed by atoms with Gasteiger partial charge in [-0.2, -0.15) is 0 Å². The molecular weight excluding hydrogens is 356 g/mol. The quantitative estimate of drug-likeness (QED) is 0.668. The Hall–Kier alpha value is -1.95. The van der Waals surface area contributed by atoms with E-state index in [4.69, 9.17) is 16.3 Å². The van der Waals surface area contributed by atoms with Gasteiger partial charge in [-0.05, 0) is 36.6 Å². The highest BCUT2D eigenvalue weighted by Crippen LogP contribution is 2.32. The Morgan fingerprint density at radius 2 is 2.12 bits per heavy atom. The Bertz CT molecular complexity index is 891. The van der Waals surface area contributed by atoms with Crippen LogP contribution in [0.4, 0.5) is 5.13 Å². The number of ether oxygens (including phenoxy) is 1. The maximum Gasteiger partial charge on any atom is 0.258 e.